The van der Waals surface area contributed by atoms with Gasteiger partial charge in [-0.05, 0) is 43.2 Å². The molecule has 0 bridgehead atoms. The number of nitrogens with one attached hydrogen (secondary N) is 1. The molecule has 1 unspecified atom stereocenters. The molecule has 2 aromatic carbocycles. The van der Waals surface area contributed by atoms with Crippen LogP contribution in [0, 0.1) is 5.82 Å². The van der Waals surface area contributed by atoms with E-state index in [-0.39, 0.29) is 24.2 Å². The maximum atomic E-state index is 13.0. The molecule has 0 saturated carbocycles. The van der Waals surface area contributed by atoms with E-state index in [9.17, 15) is 14.0 Å². The summed E-state index contributed by atoms with van der Waals surface area (Å²) in [5.41, 5.74) is 0.926. The molecule has 1 N–H and O–H groups in total. The molecule has 6 heteroatoms. The van der Waals surface area contributed by atoms with Crippen LogP contribution in [-0.4, -0.2) is 35.9 Å². The van der Waals surface area contributed by atoms with Crippen LogP contribution in [0.25, 0.3) is 0 Å². The average Bonchev–Trinajstić information content (AvgIpc) is 2.68. The lowest BCUT2D eigenvalue weighted by molar-refractivity contribution is -0.142. The van der Waals surface area contributed by atoms with Gasteiger partial charge in [0.15, 0.2) is 6.61 Å². The van der Waals surface area contributed by atoms with Crippen molar-refractivity contribution >= 4 is 11.8 Å². The molecule has 1 atom stereocenters. The third-order valence-electron chi connectivity index (χ3n) is 4.11. The topological polar surface area (TPSA) is 58.6 Å². The Kier molecular flexibility index (Phi) is 7.79. The molecule has 0 radical (unpaired) electrons. The summed E-state index contributed by atoms with van der Waals surface area (Å²) in [7, 11) is 0. The summed E-state index contributed by atoms with van der Waals surface area (Å²) < 4.78 is 18.5. The Hall–Kier alpha value is -2.89. The van der Waals surface area contributed by atoms with Gasteiger partial charge < -0.3 is 15.0 Å². The maximum absolute atomic E-state index is 13.0. The highest BCUT2D eigenvalue weighted by molar-refractivity contribution is 5.88. The standard InChI is InChI=1S/C21H25FN2O3/c1-3-19(21(26)23-4-2)24(14-16-8-6-5-7-9-16)20(25)15-27-18-12-10-17(22)11-13-18/h5-13,19H,3-4,14-15H2,1-2H3,(H,23,26). The number of halogens is 1. The van der Waals surface area contributed by atoms with Crippen LogP contribution in [0.3, 0.4) is 0 Å². The largest absolute Gasteiger partial charge is 0.484 e. The first-order valence-corrected chi connectivity index (χ1v) is 9.04. The van der Waals surface area contributed by atoms with Gasteiger partial charge in [-0.15, -0.1) is 0 Å². The highest BCUT2D eigenvalue weighted by Crippen LogP contribution is 2.15. The Morgan fingerprint density at radius 1 is 1.07 bits per heavy atom. The molecule has 0 heterocycles. The molecule has 2 rings (SSSR count). The zero-order valence-electron chi connectivity index (χ0n) is 15.7. The normalized spacial score (nSPS) is 11.5. The van der Waals surface area contributed by atoms with Gasteiger partial charge in [-0.1, -0.05) is 37.3 Å². The number of benzene rings is 2. The Morgan fingerprint density at radius 2 is 1.74 bits per heavy atom. The predicted octanol–water partition coefficient (Wildman–Crippen LogP) is 3.15. The quantitative estimate of drug-likeness (QED) is 0.736. The van der Waals surface area contributed by atoms with E-state index >= 15 is 0 Å². The summed E-state index contributed by atoms with van der Waals surface area (Å²) in [6.07, 6.45) is 0.487. The average molecular weight is 372 g/mol. The molecular formula is C21H25FN2O3. The second kappa shape index (κ2) is 10.3. The molecule has 0 aromatic heterocycles. The second-order valence-electron chi connectivity index (χ2n) is 6.07. The van der Waals surface area contributed by atoms with E-state index in [2.05, 4.69) is 5.32 Å². The summed E-state index contributed by atoms with van der Waals surface area (Å²) >= 11 is 0. The van der Waals surface area contributed by atoms with Gasteiger partial charge in [0, 0.05) is 13.1 Å². The van der Waals surface area contributed by atoms with Crippen molar-refractivity contribution in [2.75, 3.05) is 13.2 Å². The summed E-state index contributed by atoms with van der Waals surface area (Å²) in [4.78, 5) is 26.8. The van der Waals surface area contributed by atoms with Crippen LogP contribution < -0.4 is 10.1 Å². The lowest BCUT2D eigenvalue weighted by Gasteiger charge is -2.30. The molecule has 0 aliphatic rings. The van der Waals surface area contributed by atoms with Crippen molar-refractivity contribution in [3.05, 3.63) is 66.0 Å². The van der Waals surface area contributed by atoms with Crippen molar-refractivity contribution in [3.8, 4) is 5.75 Å². The van der Waals surface area contributed by atoms with Crippen LogP contribution in [0.2, 0.25) is 0 Å². The predicted molar refractivity (Wildman–Crippen MR) is 102 cm³/mol. The maximum Gasteiger partial charge on any atom is 0.261 e. The van der Waals surface area contributed by atoms with Crippen molar-refractivity contribution < 1.29 is 18.7 Å². The van der Waals surface area contributed by atoms with Crippen LogP contribution in [0.5, 0.6) is 5.75 Å². The van der Waals surface area contributed by atoms with Crippen molar-refractivity contribution in [1.29, 1.82) is 0 Å². The highest BCUT2D eigenvalue weighted by Gasteiger charge is 2.28. The van der Waals surface area contributed by atoms with Crippen molar-refractivity contribution in [3.63, 3.8) is 0 Å². The first kappa shape index (κ1) is 20.4. The lowest BCUT2D eigenvalue weighted by Crippen LogP contribution is -2.50. The summed E-state index contributed by atoms with van der Waals surface area (Å²) in [6.45, 7) is 4.28. The van der Waals surface area contributed by atoms with Crippen LogP contribution in [-0.2, 0) is 16.1 Å². The molecule has 2 amide bonds. The Balaban J connectivity index is 2.14. The first-order valence-electron chi connectivity index (χ1n) is 9.04. The molecule has 0 aliphatic carbocycles. The molecule has 0 aliphatic heterocycles. The summed E-state index contributed by atoms with van der Waals surface area (Å²) in [5.74, 6) is -0.468. The van der Waals surface area contributed by atoms with Gasteiger partial charge in [-0.2, -0.15) is 0 Å². The van der Waals surface area contributed by atoms with E-state index in [1.165, 1.54) is 29.2 Å². The molecular weight excluding hydrogens is 347 g/mol. The number of likely N-dealkylation sites (N-methyl/N-ethyl adjacent to an activating group) is 1. The fourth-order valence-corrected chi connectivity index (χ4v) is 2.75. The van der Waals surface area contributed by atoms with Crippen molar-refractivity contribution in [2.45, 2.75) is 32.9 Å². The van der Waals surface area contributed by atoms with Gasteiger partial charge in [0.25, 0.3) is 5.91 Å². The number of carbonyl (C=O) groups excluding carboxylic acids is 2. The van der Waals surface area contributed by atoms with Crippen LogP contribution in [0.4, 0.5) is 4.39 Å². The number of nitrogens with zero attached hydrogens (tertiary/aromatic N) is 1. The Bertz CT molecular complexity index is 735. The van der Waals surface area contributed by atoms with Crippen molar-refractivity contribution in [1.82, 2.24) is 10.2 Å². The number of rotatable bonds is 9. The highest BCUT2D eigenvalue weighted by atomic mass is 19.1. The van der Waals surface area contributed by atoms with E-state index in [4.69, 9.17) is 4.74 Å². The minimum atomic E-state index is -0.588. The fourth-order valence-electron chi connectivity index (χ4n) is 2.75. The number of hydrogen-bond acceptors (Lipinski definition) is 3. The molecule has 2 aromatic rings. The zero-order valence-corrected chi connectivity index (χ0v) is 15.7. The smallest absolute Gasteiger partial charge is 0.261 e. The number of amides is 2. The van der Waals surface area contributed by atoms with Gasteiger partial charge in [-0.25, -0.2) is 4.39 Å². The van der Waals surface area contributed by atoms with Gasteiger partial charge in [-0.3, -0.25) is 9.59 Å². The molecule has 5 nitrogen and oxygen atoms in total. The Labute approximate surface area is 159 Å². The van der Waals surface area contributed by atoms with Crippen molar-refractivity contribution in [2.24, 2.45) is 0 Å². The first-order chi connectivity index (χ1) is 13.0. The SMILES string of the molecule is CCNC(=O)C(CC)N(Cc1ccccc1)C(=O)COc1ccc(F)cc1. The molecule has 0 saturated heterocycles. The van der Waals surface area contributed by atoms with Crippen LogP contribution in [0.15, 0.2) is 54.6 Å². The molecule has 0 spiro atoms. The van der Waals surface area contributed by atoms with Gasteiger partial charge in [0.1, 0.15) is 17.6 Å². The van der Waals surface area contributed by atoms with E-state index < -0.39 is 6.04 Å². The van der Waals surface area contributed by atoms with Crippen LogP contribution >= 0.6 is 0 Å². The Morgan fingerprint density at radius 3 is 2.33 bits per heavy atom. The van der Waals surface area contributed by atoms with E-state index in [0.29, 0.717) is 25.3 Å². The van der Waals surface area contributed by atoms with E-state index in [1.54, 1.807) is 0 Å². The lowest BCUT2D eigenvalue weighted by atomic mass is 10.1. The molecule has 0 fully saturated rings. The van der Waals surface area contributed by atoms with E-state index in [1.807, 2.05) is 44.2 Å². The van der Waals surface area contributed by atoms with Crippen LogP contribution in [0.1, 0.15) is 25.8 Å². The third-order valence-corrected chi connectivity index (χ3v) is 4.11. The monoisotopic (exact) mass is 372 g/mol. The zero-order chi connectivity index (χ0) is 19.6. The number of carbonyl (C=O) groups is 2. The molecule has 27 heavy (non-hydrogen) atoms. The van der Waals surface area contributed by atoms with Gasteiger partial charge in [0.2, 0.25) is 5.91 Å². The minimum Gasteiger partial charge on any atom is -0.484 e. The third kappa shape index (κ3) is 6.09. The fraction of sp³-hybridized carbons (Fsp3) is 0.333. The summed E-state index contributed by atoms with van der Waals surface area (Å²) in [5, 5.41) is 2.78. The number of hydrogen-bond donors (Lipinski definition) is 1. The second-order valence-corrected chi connectivity index (χ2v) is 6.07. The number of ether oxygens (including phenoxy) is 1. The molecule has 144 valence electrons. The summed E-state index contributed by atoms with van der Waals surface area (Å²) in [6, 6.07) is 14.4. The van der Waals surface area contributed by atoms with Gasteiger partial charge in [0.05, 0.1) is 0 Å². The minimum absolute atomic E-state index is 0.189. The van der Waals surface area contributed by atoms with Gasteiger partial charge >= 0.3 is 0 Å². The van der Waals surface area contributed by atoms with E-state index in [0.717, 1.165) is 5.56 Å².